The number of sulfonamides is 1. The van der Waals surface area contributed by atoms with E-state index in [0.29, 0.717) is 10.8 Å². The highest BCUT2D eigenvalue weighted by Crippen LogP contribution is 2.31. The van der Waals surface area contributed by atoms with Crippen LogP contribution in [0.5, 0.6) is 0 Å². The predicted octanol–water partition coefficient (Wildman–Crippen LogP) is 5.50. The van der Waals surface area contributed by atoms with Gasteiger partial charge in [0.2, 0.25) is 10.0 Å². The first-order chi connectivity index (χ1) is 15.2. The first-order valence-electron chi connectivity index (χ1n) is 9.81. The van der Waals surface area contributed by atoms with Gasteiger partial charge in [-0.15, -0.1) is 11.3 Å². The maximum atomic E-state index is 13.8. The maximum absolute atomic E-state index is 13.8. The van der Waals surface area contributed by atoms with Crippen molar-refractivity contribution >= 4 is 48.9 Å². The molecule has 0 unspecified atom stereocenters. The van der Waals surface area contributed by atoms with E-state index in [4.69, 9.17) is 0 Å². The number of hydrogen-bond acceptors (Lipinski definition) is 5. The van der Waals surface area contributed by atoms with Crippen molar-refractivity contribution in [3.05, 3.63) is 77.4 Å². The van der Waals surface area contributed by atoms with Crippen LogP contribution < -0.4 is 10.0 Å². The summed E-state index contributed by atoms with van der Waals surface area (Å²) in [5, 5.41) is 6.25. The molecule has 1 aromatic heterocycles. The Labute approximate surface area is 189 Å². The summed E-state index contributed by atoms with van der Waals surface area (Å²) in [4.78, 5) is 17.4. The molecule has 0 spiro atoms. The van der Waals surface area contributed by atoms with Crippen molar-refractivity contribution in [2.24, 2.45) is 0 Å². The lowest BCUT2D eigenvalue weighted by Crippen LogP contribution is -2.24. The number of carbonyl (C=O) groups excluding carboxylic acids is 1. The van der Waals surface area contributed by atoms with Crippen LogP contribution in [0.4, 0.5) is 15.2 Å². The minimum absolute atomic E-state index is 0.00228. The number of aromatic nitrogens is 1. The van der Waals surface area contributed by atoms with Gasteiger partial charge in [-0.3, -0.25) is 14.8 Å². The zero-order valence-corrected chi connectivity index (χ0v) is 18.9. The summed E-state index contributed by atoms with van der Waals surface area (Å²) >= 11 is 1.25. The summed E-state index contributed by atoms with van der Waals surface area (Å²) in [5.41, 5.74) is 1.52. The van der Waals surface area contributed by atoms with E-state index >= 15 is 0 Å². The molecule has 0 radical (unpaired) electrons. The van der Waals surface area contributed by atoms with Gasteiger partial charge in [-0.05, 0) is 42.8 Å². The highest BCUT2D eigenvalue weighted by atomic mass is 32.2. The molecule has 0 atom stereocenters. The first-order valence-corrected chi connectivity index (χ1v) is 12.2. The Kier molecular flexibility index (Phi) is 5.94. The SMILES string of the molecule is CC(C)S(=O)(=O)Nc1cc(F)ccc1C(=O)Nc1nc(-c2cccc3ccccc23)cs1. The number of carbonyl (C=O) groups is 1. The standard InChI is InChI=1S/C23H20FN3O3S2/c1-14(2)32(29,30)27-20-12-16(24)10-11-19(20)22(28)26-23-25-21(13-31-23)18-9-5-7-15-6-3-4-8-17(15)18/h3-14,27H,1-2H3,(H,25,26,28). The summed E-state index contributed by atoms with van der Waals surface area (Å²) in [6.07, 6.45) is 0. The van der Waals surface area contributed by atoms with Gasteiger partial charge in [0.05, 0.1) is 22.2 Å². The molecule has 1 amide bonds. The molecule has 32 heavy (non-hydrogen) atoms. The third-order valence-electron chi connectivity index (χ3n) is 4.89. The minimum Gasteiger partial charge on any atom is -0.298 e. The molecular weight excluding hydrogens is 449 g/mol. The van der Waals surface area contributed by atoms with Crippen LogP contribution in [0.3, 0.4) is 0 Å². The van der Waals surface area contributed by atoms with Crippen LogP contribution in [0.25, 0.3) is 22.0 Å². The Balaban J connectivity index is 1.62. The topological polar surface area (TPSA) is 88.2 Å². The quantitative estimate of drug-likeness (QED) is 0.390. The molecule has 9 heteroatoms. The Bertz CT molecular complexity index is 1410. The van der Waals surface area contributed by atoms with E-state index in [0.717, 1.165) is 28.5 Å². The van der Waals surface area contributed by atoms with Crippen LogP contribution >= 0.6 is 11.3 Å². The number of rotatable bonds is 6. The number of nitrogens with one attached hydrogen (secondary N) is 2. The van der Waals surface area contributed by atoms with Crippen LogP contribution in [0.15, 0.2) is 66.0 Å². The molecule has 0 aliphatic carbocycles. The molecule has 4 aromatic rings. The van der Waals surface area contributed by atoms with Crippen molar-refractivity contribution in [2.45, 2.75) is 19.1 Å². The Morgan fingerprint density at radius 2 is 1.81 bits per heavy atom. The van der Waals surface area contributed by atoms with Gasteiger partial charge in [0.25, 0.3) is 5.91 Å². The predicted molar refractivity (Wildman–Crippen MR) is 127 cm³/mol. The second-order valence-corrected chi connectivity index (χ2v) is 10.5. The lowest BCUT2D eigenvalue weighted by molar-refractivity contribution is 0.102. The van der Waals surface area contributed by atoms with Crippen LogP contribution in [0, 0.1) is 5.82 Å². The van der Waals surface area contributed by atoms with Crippen LogP contribution in [-0.2, 0) is 10.0 Å². The van der Waals surface area contributed by atoms with Crippen molar-refractivity contribution in [1.82, 2.24) is 4.98 Å². The normalized spacial score (nSPS) is 11.6. The van der Waals surface area contributed by atoms with E-state index in [2.05, 4.69) is 15.0 Å². The van der Waals surface area contributed by atoms with Crippen molar-refractivity contribution in [3.63, 3.8) is 0 Å². The fraction of sp³-hybridized carbons (Fsp3) is 0.130. The van der Waals surface area contributed by atoms with Crippen LogP contribution in [0.2, 0.25) is 0 Å². The Hall–Kier alpha value is -3.30. The summed E-state index contributed by atoms with van der Waals surface area (Å²) in [6, 6.07) is 17.2. The van der Waals surface area contributed by atoms with E-state index in [-0.39, 0.29) is 11.3 Å². The highest BCUT2D eigenvalue weighted by molar-refractivity contribution is 7.93. The van der Waals surface area contributed by atoms with E-state index in [1.54, 1.807) is 0 Å². The molecule has 0 fully saturated rings. The number of fused-ring (bicyclic) bond motifs is 1. The lowest BCUT2D eigenvalue weighted by Gasteiger charge is -2.14. The first kappa shape index (κ1) is 21.9. The second-order valence-electron chi connectivity index (χ2n) is 7.40. The lowest BCUT2D eigenvalue weighted by atomic mass is 10.0. The van der Waals surface area contributed by atoms with E-state index in [9.17, 15) is 17.6 Å². The number of amides is 1. The Morgan fingerprint density at radius 3 is 2.59 bits per heavy atom. The fourth-order valence-electron chi connectivity index (χ4n) is 3.14. The monoisotopic (exact) mass is 469 g/mol. The highest BCUT2D eigenvalue weighted by Gasteiger charge is 2.21. The fourth-order valence-corrected chi connectivity index (χ4v) is 4.55. The molecule has 0 bridgehead atoms. The molecule has 0 aliphatic rings. The number of thiazole rings is 1. The summed E-state index contributed by atoms with van der Waals surface area (Å²) < 4.78 is 40.5. The summed E-state index contributed by atoms with van der Waals surface area (Å²) in [7, 11) is -3.76. The summed E-state index contributed by atoms with van der Waals surface area (Å²) in [6.45, 7) is 2.98. The van der Waals surface area contributed by atoms with Crippen molar-refractivity contribution in [1.29, 1.82) is 0 Å². The number of halogens is 1. The van der Waals surface area contributed by atoms with Gasteiger partial charge >= 0.3 is 0 Å². The third kappa shape index (κ3) is 4.49. The van der Waals surface area contributed by atoms with Crippen molar-refractivity contribution in [2.75, 3.05) is 10.0 Å². The third-order valence-corrected chi connectivity index (χ3v) is 7.39. The van der Waals surface area contributed by atoms with Gasteiger partial charge in [-0.25, -0.2) is 17.8 Å². The average Bonchev–Trinajstić information content (AvgIpc) is 3.21. The van der Waals surface area contributed by atoms with Gasteiger partial charge in [0, 0.05) is 10.9 Å². The second kappa shape index (κ2) is 8.68. The molecule has 1 heterocycles. The van der Waals surface area contributed by atoms with E-state index < -0.39 is 27.0 Å². The molecule has 6 nitrogen and oxygen atoms in total. The number of anilines is 2. The van der Waals surface area contributed by atoms with Gasteiger partial charge in [0.1, 0.15) is 5.82 Å². The summed E-state index contributed by atoms with van der Waals surface area (Å²) in [5.74, 6) is -1.25. The molecular formula is C23H20FN3O3S2. The van der Waals surface area contributed by atoms with Crippen LogP contribution in [0.1, 0.15) is 24.2 Å². The molecule has 2 N–H and O–H groups in total. The molecule has 0 saturated carbocycles. The van der Waals surface area contributed by atoms with Gasteiger partial charge in [-0.1, -0.05) is 42.5 Å². The van der Waals surface area contributed by atoms with Gasteiger partial charge < -0.3 is 0 Å². The van der Waals surface area contributed by atoms with Crippen molar-refractivity contribution < 1.29 is 17.6 Å². The van der Waals surface area contributed by atoms with Crippen LogP contribution in [-0.4, -0.2) is 24.6 Å². The number of benzene rings is 3. The molecule has 164 valence electrons. The number of hydrogen-bond donors (Lipinski definition) is 2. The Morgan fingerprint density at radius 1 is 1.06 bits per heavy atom. The molecule has 0 aliphatic heterocycles. The zero-order chi connectivity index (χ0) is 22.9. The maximum Gasteiger partial charge on any atom is 0.259 e. The minimum atomic E-state index is -3.76. The van der Waals surface area contributed by atoms with Gasteiger partial charge in [-0.2, -0.15) is 0 Å². The number of nitrogens with zero attached hydrogens (tertiary/aromatic N) is 1. The molecule has 0 saturated heterocycles. The molecule has 3 aromatic carbocycles. The zero-order valence-electron chi connectivity index (χ0n) is 17.3. The largest absolute Gasteiger partial charge is 0.298 e. The van der Waals surface area contributed by atoms with E-state index in [1.807, 2.05) is 47.8 Å². The molecule has 4 rings (SSSR count). The average molecular weight is 470 g/mol. The van der Waals surface area contributed by atoms with Crippen molar-refractivity contribution in [3.8, 4) is 11.3 Å². The smallest absolute Gasteiger partial charge is 0.259 e. The van der Waals surface area contributed by atoms with Gasteiger partial charge in [0.15, 0.2) is 5.13 Å². The van der Waals surface area contributed by atoms with E-state index in [1.165, 1.54) is 31.3 Å².